The fraction of sp³-hybridized carbons (Fsp3) is 0.545. The highest BCUT2D eigenvalue weighted by Gasteiger charge is 2.20. The van der Waals surface area contributed by atoms with Crippen LogP contribution in [0.15, 0.2) is 28.6 Å². The van der Waals surface area contributed by atoms with E-state index in [4.69, 9.17) is 9.47 Å². The Kier molecular flexibility index (Phi) is 10.8. The number of piperidine rings is 1. The maximum absolute atomic E-state index is 5.58. The highest BCUT2D eigenvalue weighted by Crippen LogP contribution is 2.30. The molecule has 1 aromatic heterocycles. The summed E-state index contributed by atoms with van der Waals surface area (Å²) in [6, 6.07) is 5.81. The number of aromatic nitrogens is 1. The molecule has 0 saturated carbocycles. The van der Waals surface area contributed by atoms with Crippen molar-refractivity contribution in [2.45, 2.75) is 33.2 Å². The molecule has 0 unspecified atom stereocenters. The molecular formula is C22H34IN5O2S. The molecule has 1 fully saturated rings. The van der Waals surface area contributed by atoms with Gasteiger partial charge in [0.2, 0.25) is 0 Å². The number of guanidine groups is 1. The Labute approximate surface area is 206 Å². The van der Waals surface area contributed by atoms with Gasteiger partial charge in [0.25, 0.3) is 0 Å². The van der Waals surface area contributed by atoms with Crippen molar-refractivity contribution in [3.63, 3.8) is 0 Å². The molecule has 0 amide bonds. The topological polar surface area (TPSA) is 71.0 Å². The number of aryl methyl sites for hydroxylation is 1. The fourth-order valence-electron chi connectivity index (χ4n) is 3.64. The maximum atomic E-state index is 5.58. The largest absolute Gasteiger partial charge is 0.493 e. The quantitative estimate of drug-likeness (QED) is 0.284. The van der Waals surface area contributed by atoms with Crippen LogP contribution in [0.25, 0.3) is 0 Å². The second kappa shape index (κ2) is 13.1. The lowest BCUT2D eigenvalue weighted by molar-refractivity contribution is 0.176. The first-order valence-electron chi connectivity index (χ1n) is 10.5. The standard InChI is InChI=1S/C22H33N5O2S.HI/c1-5-29-20-7-6-18(12-21(20)28-4)26-22(23-3)24-13-17-8-10-27(11-9-17)14-19-15-30-16(2)25-19;/h6-7,12,15,17H,5,8-11,13-14H2,1-4H3,(H2,23,24,26);1H. The van der Waals surface area contributed by atoms with Crippen molar-refractivity contribution >= 4 is 47.0 Å². The molecule has 7 nitrogen and oxygen atoms in total. The number of nitrogens with zero attached hydrogens (tertiary/aromatic N) is 3. The molecule has 2 aromatic rings. The van der Waals surface area contributed by atoms with Gasteiger partial charge in [-0.1, -0.05) is 0 Å². The fourth-order valence-corrected chi connectivity index (χ4v) is 4.24. The molecule has 1 aliphatic rings. The van der Waals surface area contributed by atoms with Crippen molar-refractivity contribution in [3.05, 3.63) is 34.3 Å². The summed E-state index contributed by atoms with van der Waals surface area (Å²) in [5.41, 5.74) is 2.11. The second-order valence-electron chi connectivity index (χ2n) is 7.45. The van der Waals surface area contributed by atoms with E-state index >= 15 is 0 Å². The van der Waals surface area contributed by atoms with Crippen molar-refractivity contribution in [2.75, 3.05) is 45.7 Å². The van der Waals surface area contributed by atoms with Gasteiger partial charge in [0.15, 0.2) is 17.5 Å². The molecule has 1 saturated heterocycles. The third-order valence-electron chi connectivity index (χ3n) is 5.27. The number of benzene rings is 1. The normalized spacial score (nSPS) is 15.3. The third kappa shape index (κ3) is 7.80. The Balaban J connectivity index is 0.00000341. The van der Waals surface area contributed by atoms with Crippen LogP contribution in [-0.4, -0.2) is 56.2 Å². The number of nitrogens with one attached hydrogen (secondary N) is 2. The van der Waals surface area contributed by atoms with E-state index in [0.717, 1.165) is 48.6 Å². The molecule has 0 aliphatic carbocycles. The van der Waals surface area contributed by atoms with Gasteiger partial charge in [-0.2, -0.15) is 0 Å². The van der Waals surface area contributed by atoms with Gasteiger partial charge in [-0.15, -0.1) is 35.3 Å². The van der Waals surface area contributed by atoms with Crippen LogP contribution in [0.1, 0.15) is 30.5 Å². The van der Waals surface area contributed by atoms with Gasteiger partial charge in [0, 0.05) is 37.3 Å². The summed E-state index contributed by atoms with van der Waals surface area (Å²) in [7, 11) is 3.44. The number of hydrogen-bond acceptors (Lipinski definition) is 6. The summed E-state index contributed by atoms with van der Waals surface area (Å²) in [4.78, 5) is 11.5. The van der Waals surface area contributed by atoms with Crippen LogP contribution in [0.5, 0.6) is 11.5 Å². The molecular weight excluding hydrogens is 525 g/mol. The predicted octanol–water partition coefficient (Wildman–Crippen LogP) is 4.38. The Hall–Kier alpha value is -1.59. The van der Waals surface area contributed by atoms with E-state index in [1.165, 1.54) is 18.5 Å². The van der Waals surface area contributed by atoms with Crippen molar-refractivity contribution in [1.82, 2.24) is 15.2 Å². The van der Waals surface area contributed by atoms with E-state index in [1.807, 2.05) is 25.1 Å². The van der Waals surface area contributed by atoms with Crippen LogP contribution < -0.4 is 20.1 Å². The number of aliphatic imine (C=N–C) groups is 1. The zero-order chi connectivity index (χ0) is 21.3. The van der Waals surface area contributed by atoms with E-state index in [9.17, 15) is 0 Å². The number of thiazole rings is 1. The van der Waals surface area contributed by atoms with Crippen LogP contribution >= 0.6 is 35.3 Å². The first-order valence-corrected chi connectivity index (χ1v) is 11.4. The van der Waals surface area contributed by atoms with E-state index < -0.39 is 0 Å². The smallest absolute Gasteiger partial charge is 0.195 e. The molecule has 0 atom stereocenters. The Morgan fingerprint density at radius 1 is 1.29 bits per heavy atom. The summed E-state index contributed by atoms with van der Waals surface area (Å²) in [5.74, 6) is 2.86. The first-order chi connectivity index (χ1) is 14.6. The van der Waals surface area contributed by atoms with Crippen molar-refractivity contribution < 1.29 is 9.47 Å². The molecule has 0 radical (unpaired) electrons. The van der Waals surface area contributed by atoms with Gasteiger partial charge in [0.05, 0.1) is 24.4 Å². The van der Waals surface area contributed by atoms with Gasteiger partial charge in [0.1, 0.15) is 0 Å². The van der Waals surface area contributed by atoms with Crippen LogP contribution in [0.4, 0.5) is 5.69 Å². The van der Waals surface area contributed by atoms with Gasteiger partial charge in [-0.3, -0.25) is 9.89 Å². The molecule has 2 N–H and O–H groups in total. The van der Waals surface area contributed by atoms with E-state index in [2.05, 4.69) is 37.8 Å². The number of methoxy groups -OCH3 is 1. The second-order valence-corrected chi connectivity index (χ2v) is 8.52. The number of ether oxygens (including phenoxy) is 2. The van der Waals surface area contributed by atoms with Gasteiger partial charge in [-0.05, 0) is 57.8 Å². The molecule has 172 valence electrons. The highest BCUT2D eigenvalue weighted by molar-refractivity contribution is 14.0. The number of likely N-dealkylation sites (tertiary alicyclic amines) is 1. The SMILES string of the molecule is CCOc1ccc(NC(=NC)NCC2CCN(Cc3csc(C)n3)CC2)cc1OC.I. The van der Waals surface area contributed by atoms with Crippen molar-refractivity contribution in [1.29, 1.82) is 0 Å². The zero-order valence-electron chi connectivity index (χ0n) is 18.8. The van der Waals surface area contributed by atoms with E-state index in [1.54, 1.807) is 25.5 Å². The minimum Gasteiger partial charge on any atom is -0.493 e. The van der Waals surface area contributed by atoms with Gasteiger partial charge in [-0.25, -0.2) is 4.98 Å². The minimum atomic E-state index is 0. The predicted molar refractivity (Wildman–Crippen MR) is 139 cm³/mol. The van der Waals surface area contributed by atoms with Crippen LogP contribution in [0.3, 0.4) is 0 Å². The number of anilines is 1. The minimum absolute atomic E-state index is 0. The summed E-state index contributed by atoms with van der Waals surface area (Å²) in [6.45, 7) is 8.74. The Bertz CT molecular complexity index is 837. The van der Waals surface area contributed by atoms with Gasteiger partial charge < -0.3 is 20.1 Å². The molecule has 3 rings (SSSR count). The molecule has 0 bridgehead atoms. The third-order valence-corrected chi connectivity index (χ3v) is 6.09. The van der Waals surface area contributed by atoms with Crippen molar-refractivity contribution in [2.24, 2.45) is 10.9 Å². The van der Waals surface area contributed by atoms with E-state index in [-0.39, 0.29) is 24.0 Å². The number of halogens is 1. The van der Waals surface area contributed by atoms with Crippen molar-refractivity contribution in [3.8, 4) is 11.5 Å². The number of hydrogen-bond donors (Lipinski definition) is 2. The lowest BCUT2D eigenvalue weighted by atomic mass is 9.97. The molecule has 31 heavy (non-hydrogen) atoms. The first kappa shape index (κ1) is 25.7. The lowest BCUT2D eigenvalue weighted by Gasteiger charge is -2.31. The Morgan fingerprint density at radius 3 is 2.68 bits per heavy atom. The molecule has 2 heterocycles. The zero-order valence-corrected chi connectivity index (χ0v) is 22.0. The molecule has 0 spiro atoms. The highest BCUT2D eigenvalue weighted by atomic mass is 127. The average molecular weight is 560 g/mol. The average Bonchev–Trinajstić information content (AvgIpc) is 3.17. The van der Waals surface area contributed by atoms with Gasteiger partial charge >= 0.3 is 0 Å². The maximum Gasteiger partial charge on any atom is 0.195 e. The molecule has 1 aromatic carbocycles. The molecule has 1 aliphatic heterocycles. The lowest BCUT2D eigenvalue weighted by Crippen LogP contribution is -2.40. The van der Waals surface area contributed by atoms with Crippen LogP contribution in [-0.2, 0) is 6.54 Å². The summed E-state index contributed by atoms with van der Waals surface area (Å²) in [5, 5.41) is 10.1. The van der Waals surface area contributed by atoms with Crippen LogP contribution in [0, 0.1) is 12.8 Å². The Morgan fingerprint density at radius 2 is 2.06 bits per heavy atom. The van der Waals surface area contributed by atoms with Crippen LogP contribution in [0.2, 0.25) is 0 Å². The monoisotopic (exact) mass is 559 g/mol. The molecule has 9 heteroatoms. The summed E-state index contributed by atoms with van der Waals surface area (Å²) < 4.78 is 11.0. The summed E-state index contributed by atoms with van der Waals surface area (Å²) >= 11 is 1.73. The number of rotatable bonds is 8. The summed E-state index contributed by atoms with van der Waals surface area (Å²) in [6.07, 6.45) is 2.37. The van der Waals surface area contributed by atoms with E-state index in [0.29, 0.717) is 18.3 Å².